The Balaban J connectivity index is 1.56. The third kappa shape index (κ3) is 5.89. The molecule has 0 saturated heterocycles. The van der Waals surface area contributed by atoms with Gasteiger partial charge in [-0.1, -0.05) is 6.07 Å². The number of hydrogen-bond acceptors (Lipinski definition) is 7. The Morgan fingerprint density at radius 3 is 2.68 bits per heavy atom. The summed E-state index contributed by atoms with van der Waals surface area (Å²) in [6, 6.07) is 6.21. The van der Waals surface area contributed by atoms with Crippen LogP contribution in [0.25, 0.3) is 10.2 Å². The van der Waals surface area contributed by atoms with E-state index in [0.717, 1.165) is 34.3 Å². The van der Waals surface area contributed by atoms with Gasteiger partial charge in [0.15, 0.2) is 0 Å². The molecule has 0 spiro atoms. The molecule has 0 unspecified atom stereocenters. The molecule has 0 radical (unpaired) electrons. The molecule has 9 heteroatoms. The standard InChI is InChI=1S/C19H26N2O5S2/c1-19(2,3)26-18(22)20-10-17-21-15-6-5-13(9-16(15)27-17)14-7-12(8-14)11-25-28(4,23)24/h5-6,9,12,14H,7-8,10-11H2,1-4H3,(H,20,22). The van der Waals surface area contributed by atoms with Crippen LogP contribution in [0, 0.1) is 5.92 Å². The third-order valence-corrected chi connectivity index (χ3v) is 6.05. The quantitative estimate of drug-likeness (QED) is 0.706. The topological polar surface area (TPSA) is 94.6 Å². The SMILES string of the molecule is CC(C)(C)OC(=O)NCc1nc2ccc(C3CC(COS(C)(=O)=O)C3)cc2s1. The number of ether oxygens (including phenoxy) is 1. The van der Waals surface area contributed by atoms with E-state index >= 15 is 0 Å². The number of nitrogens with one attached hydrogen (secondary N) is 1. The van der Waals surface area contributed by atoms with Crippen molar-refractivity contribution in [3.8, 4) is 0 Å². The second-order valence-corrected chi connectivity index (χ2v) is 11.0. The van der Waals surface area contributed by atoms with Crippen molar-refractivity contribution in [2.75, 3.05) is 12.9 Å². The second-order valence-electron chi connectivity index (χ2n) is 8.21. The van der Waals surface area contributed by atoms with Gasteiger partial charge in [-0.05, 0) is 63.1 Å². The summed E-state index contributed by atoms with van der Waals surface area (Å²) in [6.07, 6.45) is 2.47. The minimum absolute atomic E-state index is 0.263. The highest BCUT2D eigenvalue weighted by Gasteiger charge is 2.31. The number of alkyl carbamates (subject to hydrolysis) is 1. The summed E-state index contributed by atoms with van der Waals surface area (Å²) in [5, 5.41) is 3.56. The van der Waals surface area contributed by atoms with Crippen molar-refractivity contribution in [3.05, 3.63) is 28.8 Å². The molecule has 0 bridgehead atoms. The van der Waals surface area contributed by atoms with E-state index in [2.05, 4.69) is 22.4 Å². The fourth-order valence-electron chi connectivity index (χ4n) is 3.14. The van der Waals surface area contributed by atoms with Crippen LogP contribution in [0.15, 0.2) is 18.2 Å². The van der Waals surface area contributed by atoms with Crippen LogP contribution in [0.4, 0.5) is 4.79 Å². The van der Waals surface area contributed by atoms with Gasteiger partial charge in [0.2, 0.25) is 0 Å². The molecule has 1 N–H and O–H groups in total. The van der Waals surface area contributed by atoms with Gasteiger partial charge < -0.3 is 10.1 Å². The molecule has 7 nitrogen and oxygen atoms in total. The van der Waals surface area contributed by atoms with Gasteiger partial charge in [-0.2, -0.15) is 8.42 Å². The smallest absolute Gasteiger partial charge is 0.408 e. The van der Waals surface area contributed by atoms with Gasteiger partial charge in [0.25, 0.3) is 10.1 Å². The maximum absolute atomic E-state index is 11.8. The van der Waals surface area contributed by atoms with E-state index in [1.807, 2.05) is 26.8 Å². The van der Waals surface area contributed by atoms with Gasteiger partial charge in [-0.15, -0.1) is 11.3 Å². The van der Waals surface area contributed by atoms with Crippen molar-refractivity contribution in [2.24, 2.45) is 5.92 Å². The Kier molecular flexibility index (Phi) is 5.97. The minimum Gasteiger partial charge on any atom is -0.444 e. The van der Waals surface area contributed by atoms with Gasteiger partial charge in [0, 0.05) is 0 Å². The number of amides is 1. The normalized spacial score (nSPS) is 20.0. The summed E-state index contributed by atoms with van der Waals surface area (Å²) in [5.41, 5.74) is 1.61. The predicted molar refractivity (Wildman–Crippen MR) is 109 cm³/mol. The van der Waals surface area contributed by atoms with Crippen molar-refractivity contribution in [1.82, 2.24) is 10.3 Å². The number of carbonyl (C=O) groups is 1. The lowest BCUT2D eigenvalue weighted by Gasteiger charge is -2.35. The summed E-state index contributed by atoms with van der Waals surface area (Å²) in [5.74, 6) is 0.702. The molecule has 2 aromatic rings. The van der Waals surface area contributed by atoms with E-state index in [4.69, 9.17) is 8.92 Å². The van der Waals surface area contributed by atoms with Crippen LogP contribution in [-0.2, 0) is 25.6 Å². The first kappa shape index (κ1) is 21.0. The maximum Gasteiger partial charge on any atom is 0.408 e. The maximum atomic E-state index is 11.8. The van der Waals surface area contributed by atoms with Crippen molar-refractivity contribution in [2.45, 2.75) is 51.7 Å². The van der Waals surface area contributed by atoms with Crippen LogP contribution in [0.5, 0.6) is 0 Å². The zero-order chi connectivity index (χ0) is 20.5. The molecule has 28 heavy (non-hydrogen) atoms. The summed E-state index contributed by atoms with van der Waals surface area (Å²) in [4.78, 5) is 16.3. The van der Waals surface area contributed by atoms with Crippen molar-refractivity contribution >= 4 is 37.8 Å². The number of hydrogen-bond donors (Lipinski definition) is 1. The minimum atomic E-state index is -3.37. The second kappa shape index (κ2) is 7.96. The summed E-state index contributed by atoms with van der Waals surface area (Å²) < 4.78 is 33.4. The predicted octanol–water partition coefficient (Wildman–Crippen LogP) is 3.79. The van der Waals surface area contributed by atoms with Gasteiger partial charge in [0.05, 0.1) is 29.6 Å². The average Bonchev–Trinajstić information content (AvgIpc) is 2.91. The molecule has 1 aromatic carbocycles. The lowest BCUT2D eigenvalue weighted by Crippen LogP contribution is -2.32. The number of aromatic nitrogens is 1. The Morgan fingerprint density at radius 1 is 1.32 bits per heavy atom. The number of nitrogens with zero attached hydrogens (tertiary/aromatic N) is 1. The Labute approximate surface area is 169 Å². The fourth-order valence-corrected chi connectivity index (χ4v) is 4.54. The highest BCUT2D eigenvalue weighted by molar-refractivity contribution is 7.85. The average molecular weight is 427 g/mol. The van der Waals surface area contributed by atoms with Gasteiger partial charge in [0.1, 0.15) is 10.6 Å². The number of thiazole rings is 1. The number of fused-ring (bicyclic) bond motifs is 1. The van der Waals surface area contributed by atoms with Crippen LogP contribution in [0.1, 0.15) is 50.1 Å². The number of carbonyl (C=O) groups excluding carboxylic acids is 1. The lowest BCUT2D eigenvalue weighted by molar-refractivity contribution is 0.0523. The molecular weight excluding hydrogens is 400 g/mol. The molecule has 3 rings (SSSR count). The number of benzene rings is 1. The molecule has 154 valence electrons. The number of rotatable bonds is 6. The molecule has 0 atom stereocenters. The van der Waals surface area contributed by atoms with Crippen LogP contribution < -0.4 is 5.32 Å². The zero-order valence-corrected chi connectivity index (χ0v) is 18.2. The van der Waals surface area contributed by atoms with Crippen LogP contribution in [-0.4, -0.2) is 38.0 Å². The molecule has 1 fully saturated rings. The third-order valence-electron chi connectivity index (χ3n) is 4.46. The Hall–Kier alpha value is -1.71. The first-order valence-electron chi connectivity index (χ1n) is 9.19. The Bertz CT molecular complexity index is 956. The lowest BCUT2D eigenvalue weighted by atomic mass is 9.72. The molecule has 1 saturated carbocycles. The van der Waals surface area contributed by atoms with E-state index in [-0.39, 0.29) is 12.5 Å². The molecule has 1 amide bonds. The molecule has 1 aliphatic carbocycles. The van der Waals surface area contributed by atoms with Crippen molar-refractivity contribution in [1.29, 1.82) is 0 Å². The monoisotopic (exact) mass is 426 g/mol. The molecular formula is C19H26N2O5S2. The molecule has 1 aliphatic rings. The largest absolute Gasteiger partial charge is 0.444 e. The molecule has 0 aliphatic heterocycles. The van der Waals surface area contributed by atoms with E-state index in [1.165, 1.54) is 5.56 Å². The molecule has 1 heterocycles. The Morgan fingerprint density at radius 2 is 2.04 bits per heavy atom. The van der Waals surface area contributed by atoms with Gasteiger partial charge >= 0.3 is 6.09 Å². The van der Waals surface area contributed by atoms with E-state index in [1.54, 1.807) is 11.3 Å². The van der Waals surface area contributed by atoms with Crippen molar-refractivity contribution in [3.63, 3.8) is 0 Å². The summed E-state index contributed by atoms with van der Waals surface area (Å²) >= 11 is 1.55. The van der Waals surface area contributed by atoms with Gasteiger partial charge in [-0.25, -0.2) is 9.78 Å². The van der Waals surface area contributed by atoms with E-state index in [9.17, 15) is 13.2 Å². The highest BCUT2D eigenvalue weighted by atomic mass is 32.2. The van der Waals surface area contributed by atoms with Crippen LogP contribution >= 0.6 is 11.3 Å². The van der Waals surface area contributed by atoms with Crippen molar-refractivity contribution < 1.29 is 22.1 Å². The fraction of sp³-hybridized carbons (Fsp3) is 0.579. The zero-order valence-electron chi connectivity index (χ0n) is 16.5. The first-order valence-corrected chi connectivity index (χ1v) is 11.8. The van der Waals surface area contributed by atoms with Gasteiger partial charge in [-0.3, -0.25) is 4.18 Å². The van der Waals surface area contributed by atoms with E-state index < -0.39 is 21.8 Å². The van der Waals surface area contributed by atoms with Crippen LogP contribution in [0.2, 0.25) is 0 Å². The summed E-state index contributed by atoms with van der Waals surface area (Å²) in [7, 11) is -3.37. The van der Waals surface area contributed by atoms with Crippen LogP contribution in [0.3, 0.4) is 0 Å². The summed E-state index contributed by atoms with van der Waals surface area (Å²) in [6.45, 7) is 6.06. The highest BCUT2D eigenvalue weighted by Crippen LogP contribution is 2.42. The first-order chi connectivity index (χ1) is 13.0. The van der Waals surface area contributed by atoms with E-state index in [0.29, 0.717) is 12.5 Å². The molecule has 1 aromatic heterocycles.